The van der Waals surface area contributed by atoms with E-state index in [-0.39, 0.29) is 5.97 Å². The van der Waals surface area contributed by atoms with Crippen molar-refractivity contribution in [2.45, 2.75) is 51.9 Å². The number of rotatable bonds is 1. The van der Waals surface area contributed by atoms with Gasteiger partial charge >= 0.3 is 5.97 Å². The van der Waals surface area contributed by atoms with Crippen molar-refractivity contribution in [2.75, 3.05) is 0 Å². The van der Waals surface area contributed by atoms with Crippen LogP contribution in [0.5, 0.6) is 0 Å². The first-order chi connectivity index (χ1) is 7.27. The number of hydrogen-bond donors (Lipinski definition) is 0. The van der Waals surface area contributed by atoms with E-state index in [1.807, 2.05) is 0 Å². The fourth-order valence-electron chi connectivity index (χ4n) is 2.96. The van der Waals surface area contributed by atoms with Crippen LogP contribution >= 0.6 is 0 Å². The minimum Gasteiger partial charge on any atom is -0.319 e. The van der Waals surface area contributed by atoms with Crippen molar-refractivity contribution in [1.82, 2.24) is 0 Å². The second-order valence-corrected chi connectivity index (χ2v) is 4.71. The Kier molecular flexibility index (Phi) is 3.39. The van der Waals surface area contributed by atoms with Gasteiger partial charge in [0.05, 0.1) is 5.71 Å². The molecule has 15 heavy (non-hydrogen) atoms. The zero-order valence-corrected chi connectivity index (χ0v) is 9.37. The maximum Gasteiger partial charge on any atom is 0.331 e. The van der Waals surface area contributed by atoms with Gasteiger partial charge in [0, 0.05) is 12.8 Å². The smallest absolute Gasteiger partial charge is 0.319 e. The number of fused-ring (bicyclic) bond motifs is 1. The molecular formula is C12H19NO2. The standard InChI is InChI=1S/C12H19NO2/c1-9(14)15-13-12-8-4-6-10-5-2-3-7-11(10)12/h10-11H,2-8H2,1H3. The number of nitrogens with zero attached hydrogens (tertiary/aromatic N) is 1. The Balaban J connectivity index is 2.03. The van der Waals surface area contributed by atoms with Gasteiger partial charge in [-0.25, -0.2) is 4.79 Å². The Morgan fingerprint density at radius 1 is 1.27 bits per heavy atom. The highest BCUT2D eigenvalue weighted by molar-refractivity contribution is 5.87. The number of hydrogen-bond acceptors (Lipinski definition) is 3. The normalized spacial score (nSPS) is 33.5. The topological polar surface area (TPSA) is 38.7 Å². The molecule has 2 saturated carbocycles. The maximum atomic E-state index is 10.7. The fraction of sp³-hybridized carbons (Fsp3) is 0.833. The van der Waals surface area contributed by atoms with Crippen molar-refractivity contribution in [1.29, 1.82) is 0 Å². The third-order valence-corrected chi connectivity index (χ3v) is 3.64. The lowest BCUT2D eigenvalue weighted by atomic mass is 9.70. The third kappa shape index (κ3) is 2.58. The molecule has 0 aromatic carbocycles. The summed E-state index contributed by atoms with van der Waals surface area (Å²) in [6.45, 7) is 1.41. The van der Waals surface area contributed by atoms with Crippen molar-refractivity contribution in [3.05, 3.63) is 0 Å². The quantitative estimate of drug-likeness (QED) is 0.492. The molecule has 2 fully saturated rings. The zero-order chi connectivity index (χ0) is 10.7. The van der Waals surface area contributed by atoms with E-state index in [0.717, 1.165) is 18.1 Å². The van der Waals surface area contributed by atoms with Crippen molar-refractivity contribution >= 4 is 11.7 Å². The van der Waals surface area contributed by atoms with Crippen LogP contribution in [0.2, 0.25) is 0 Å². The van der Waals surface area contributed by atoms with Gasteiger partial charge in [0.15, 0.2) is 0 Å². The molecule has 0 amide bonds. The predicted octanol–water partition coefficient (Wildman–Crippen LogP) is 2.90. The monoisotopic (exact) mass is 209 g/mol. The molecule has 0 aliphatic heterocycles. The molecule has 0 aromatic rings. The van der Waals surface area contributed by atoms with Gasteiger partial charge in [-0.3, -0.25) is 0 Å². The molecule has 3 heteroatoms. The Morgan fingerprint density at radius 3 is 2.80 bits per heavy atom. The van der Waals surface area contributed by atoms with Crippen LogP contribution in [0.15, 0.2) is 5.16 Å². The van der Waals surface area contributed by atoms with Crippen LogP contribution in [0.3, 0.4) is 0 Å². The summed E-state index contributed by atoms with van der Waals surface area (Å²) in [7, 11) is 0. The second kappa shape index (κ2) is 4.77. The first-order valence-corrected chi connectivity index (χ1v) is 6.01. The van der Waals surface area contributed by atoms with Crippen LogP contribution in [0.1, 0.15) is 51.9 Å². The van der Waals surface area contributed by atoms with Crippen molar-refractivity contribution < 1.29 is 9.63 Å². The second-order valence-electron chi connectivity index (χ2n) is 4.71. The average molecular weight is 209 g/mol. The number of carbonyl (C=O) groups excluding carboxylic acids is 1. The van der Waals surface area contributed by atoms with Crippen LogP contribution in [0.4, 0.5) is 0 Å². The van der Waals surface area contributed by atoms with E-state index in [2.05, 4.69) is 5.16 Å². The summed E-state index contributed by atoms with van der Waals surface area (Å²) in [6, 6.07) is 0. The SMILES string of the molecule is CC(=O)ON=C1CCCC2CCCCC12. The highest BCUT2D eigenvalue weighted by Gasteiger charge is 2.32. The largest absolute Gasteiger partial charge is 0.331 e. The van der Waals surface area contributed by atoms with E-state index in [1.165, 1.54) is 45.4 Å². The Bertz CT molecular complexity index is 271. The van der Waals surface area contributed by atoms with Gasteiger partial charge in [0.25, 0.3) is 0 Å². The summed E-state index contributed by atoms with van der Waals surface area (Å²) in [5, 5.41) is 4.03. The first-order valence-electron chi connectivity index (χ1n) is 6.01. The highest BCUT2D eigenvalue weighted by Crippen LogP contribution is 2.38. The summed E-state index contributed by atoms with van der Waals surface area (Å²) in [5.41, 5.74) is 1.14. The molecular weight excluding hydrogens is 190 g/mol. The van der Waals surface area contributed by atoms with E-state index < -0.39 is 0 Å². The molecule has 2 aliphatic rings. The molecule has 0 bridgehead atoms. The van der Waals surface area contributed by atoms with Crippen LogP contribution in [0, 0.1) is 11.8 Å². The van der Waals surface area contributed by atoms with Crippen molar-refractivity contribution in [3.63, 3.8) is 0 Å². The molecule has 2 unspecified atom stereocenters. The summed E-state index contributed by atoms with van der Waals surface area (Å²) >= 11 is 0. The fourth-order valence-corrected chi connectivity index (χ4v) is 2.96. The van der Waals surface area contributed by atoms with Gasteiger partial charge in [-0.1, -0.05) is 18.0 Å². The van der Waals surface area contributed by atoms with Gasteiger partial charge in [-0.15, -0.1) is 0 Å². The molecule has 0 saturated heterocycles. The first kappa shape index (κ1) is 10.7. The van der Waals surface area contributed by atoms with E-state index in [9.17, 15) is 4.79 Å². The molecule has 2 aliphatic carbocycles. The Hall–Kier alpha value is -0.860. The Morgan fingerprint density at radius 2 is 2.00 bits per heavy atom. The molecule has 0 heterocycles. The predicted molar refractivity (Wildman–Crippen MR) is 58.5 cm³/mol. The van der Waals surface area contributed by atoms with Gasteiger partial charge in [0.2, 0.25) is 0 Å². The lowest BCUT2D eigenvalue weighted by Gasteiger charge is -2.35. The zero-order valence-electron chi connectivity index (χ0n) is 9.37. The van der Waals surface area contributed by atoms with Crippen LogP contribution in [-0.4, -0.2) is 11.7 Å². The van der Waals surface area contributed by atoms with E-state index in [0.29, 0.717) is 5.92 Å². The molecule has 2 rings (SSSR count). The number of oxime groups is 1. The summed E-state index contributed by atoms with van der Waals surface area (Å²) in [6.07, 6.45) is 8.82. The van der Waals surface area contributed by atoms with Gasteiger partial charge in [0.1, 0.15) is 0 Å². The summed E-state index contributed by atoms with van der Waals surface area (Å²) < 4.78 is 0. The van der Waals surface area contributed by atoms with Crippen LogP contribution in [-0.2, 0) is 9.63 Å². The molecule has 0 aromatic heterocycles. The van der Waals surface area contributed by atoms with E-state index in [1.54, 1.807) is 0 Å². The lowest BCUT2D eigenvalue weighted by Crippen LogP contribution is -2.31. The van der Waals surface area contributed by atoms with Crippen molar-refractivity contribution in [3.8, 4) is 0 Å². The van der Waals surface area contributed by atoms with Gasteiger partial charge in [-0.05, 0) is 38.0 Å². The molecule has 0 radical (unpaired) electrons. The summed E-state index contributed by atoms with van der Waals surface area (Å²) in [5.74, 6) is 1.11. The highest BCUT2D eigenvalue weighted by atomic mass is 16.7. The van der Waals surface area contributed by atoms with E-state index >= 15 is 0 Å². The van der Waals surface area contributed by atoms with Crippen LogP contribution < -0.4 is 0 Å². The molecule has 3 nitrogen and oxygen atoms in total. The van der Waals surface area contributed by atoms with E-state index in [4.69, 9.17) is 4.84 Å². The molecule has 2 atom stereocenters. The third-order valence-electron chi connectivity index (χ3n) is 3.64. The molecule has 0 spiro atoms. The molecule has 0 N–H and O–H groups in total. The summed E-state index contributed by atoms with van der Waals surface area (Å²) in [4.78, 5) is 15.5. The van der Waals surface area contributed by atoms with Gasteiger partial charge < -0.3 is 4.84 Å². The Labute approximate surface area is 90.9 Å². The minimum absolute atomic E-state index is 0.305. The maximum absolute atomic E-state index is 10.7. The van der Waals surface area contributed by atoms with Crippen LogP contribution in [0.25, 0.3) is 0 Å². The minimum atomic E-state index is -0.305. The average Bonchev–Trinajstić information content (AvgIpc) is 2.26. The molecule has 84 valence electrons. The number of carbonyl (C=O) groups is 1. The lowest BCUT2D eigenvalue weighted by molar-refractivity contribution is -0.141. The van der Waals surface area contributed by atoms with Gasteiger partial charge in [-0.2, -0.15) is 0 Å². The van der Waals surface area contributed by atoms with Crippen molar-refractivity contribution in [2.24, 2.45) is 17.0 Å².